The number of aliphatic carboxylic acids is 1. The Kier molecular flexibility index (Phi) is 28.5. The van der Waals surface area contributed by atoms with Crippen molar-refractivity contribution >= 4 is 31.5 Å². The number of unbranched alkanes of at least 4 members (excludes halogenated alkanes) is 15. The fraction of sp³-hybridized carbons (Fsp3) is 0.850. The molecule has 0 aromatic carbocycles. The number of hydrogen-bond acceptors (Lipinski definition) is 12. The van der Waals surface area contributed by atoms with Crippen LogP contribution in [0.4, 0.5) is 0 Å². The minimum absolute atomic E-state index is 0.0153. The van der Waals surface area contributed by atoms with Crippen LogP contribution in [-0.4, -0.2) is 88.1 Å². The number of hydrogen-bond donors (Lipinski definition) is 5. The van der Waals surface area contributed by atoms with E-state index in [1.165, 1.54) is 44.9 Å². The minimum Gasteiger partial charge on any atom is -0.480 e. The summed E-state index contributed by atoms with van der Waals surface area (Å²) in [6, 6.07) is -1.56. The van der Waals surface area contributed by atoms with E-state index in [9.17, 15) is 38.8 Å². The third kappa shape index (κ3) is 25.6. The van der Waals surface area contributed by atoms with Crippen LogP contribution in [0.15, 0.2) is 12.2 Å². The first kappa shape index (κ1) is 50.8. The van der Waals surface area contributed by atoms with Gasteiger partial charge in [-0.1, -0.05) is 129 Å². The predicted molar refractivity (Wildman–Crippen MR) is 209 cm³/mol. The van der Waals surface area contributed by atoms with Gasteiger partial charge in [-0.15, -0.1) is 0 Å². The quantitative estimate of drug-likeness (QED) is 0.0186. The van der Waals surface area contributed by atoms with Gasteiger partial charge in [0.05, 0.1) is 25.4 Å². The van der Waals surface area contributed by atoms with E-state index in [-0.39, 0.29) is 36.9 Å². The smallest absolute Gasteiger partial charge is 0.472 e. The summed E-state index contributed by atoms with van der Waals surface area (Å²) in [5.41, 5.74) is 5.32. The van der Waals surface area contributed by atoms with E-state index in [4.69, 9.17) is 24.8 Å². The van der Waals surface area contributed by atoms with Crippen LogP contribution in [0, 0.1) is 11.8 Å². The van der Waals surface area contributed by atoms with Crippen LogP contribution in [0.3, 0.4) is 0 Å². The maximum atomic E-state index is 12.7. The van der Waals surface area contributed by atoms with Crippen molar-refractivity contribution in [2.24, 2.45) is 17.6 Å². The van der Waals surface area contributed by atoms with Gasteiger partial charge in [-0.25, -0.2) is 4.57 Å². The van der Waals surface area contributed by atoms with Crippen LogP contribution < -0.4 is 5.73 Å². The third-order valence-electron chi connectivity index (χ3n) is 9.91. The molecule has 1 unspecified atom stereocenters. The zero-order valence-electron chi connectivity index (χ0n) is 33.5. The lowest BCUT2D eigenvalue weighted by Gasteiger charge is -2.20. The van der Waals surface area contributed by atoms with Gasteiger partial charge in [0.25, 0.3) is 0 Å². The first-order valence-electron chi connectivity index (χ1n) is 20.8. The lowest BCUT2D eigenvalue weighted by Crippen LogP contribution is -2.34. The number of esters is 2. The number of aliphatic hydroxyl groups is 2. The second-order valence-corrected chi connectivity index (χ2v) is 16.4. The van der Waals surface area contributed by atoms with Crippen molar-refractivity contribution in [3.8, 4) is 0 Å². The summed E-state index contributed by atoms with van der Waals surface area (Å²) in [4.78, 5) is 58.6. The maximum Gasteiger partial charge on any atom is 0.472 e. The number of carbonyl (C=O) groups is 4. The summed E-state index contributed by atoms with van der Waals surface area (Å²) >= 11 is 0. The second kappa shape index (κ2) is 30.9. The summed E-state index contributed by atoms with van der Waals surface area (Å²) in [7, 11) is -4.77. The highest BCUT2D eigenvalue weighted by atomic mass is 31.2. The molecule has 0 amide bonds. The number of carbonyl (C=O) groups excluding carboxylic acids is 3. The number of rotatable bonds is 35. The van der Waals surface area contributed by atoms with Gasteiger partial charge in [-0.2, -0.15) is 0 Å². The first-order chi connectivity index (χ1) is 26.3. The van der Waals surface area contributed by atoms with Crippen molar-refractivity contribution < 1.29 is 62.5 Å². The predicted octanol–water partition coefficient (Wildman–Crippen LogP) is 7.09. The highest BCUT2D eigenvalue weighted by Gasteiger charge is 2.39. The lowest BCUT2D eigenvalue weighted by atomic mass is 9.88. The van der Waals surface area contributed by atoms with Crippen LogP contribution in [0.25, 0.3) is 0 Å². The van der Waals surface area contributed by atoms with Gasteiger partial charge in [0.2, 0.25) is 0 Å². The SMILES string of the molecule is CCCCCCCCCCCCCC(=O)OC[C@H](COP(=O)(O)OC[C@H](N)C(=O)O)OC(=O)CCCCCC[C@H]1C(=O)C[C@@H](O)[C@@H]1/C=C/[C@@H](O)CCCCC. The van der Waals surface area contributed by atoms with E-state index in [2.05, 4.69) is 18.4 Å². The normalized spacial score (nSPS) is 20.0. The van der Waals surface area contributed by atoms with E-state index < -0.39 is 69.9 Å². The number of phosphoric acid groups is 1. The Morgan fingerprint density at radius 3 is 1.93 bits per heavy atom. The third-order valence-corrected chi connectivity index (χ3v) is 10.9. The molecule has 0 radical (unpaired) electrons. The van der Waals surface area contributed by atoms with Gasteiger partial charge in [0.15, 0.2) is 6.10 Å². The van der Waals surface area contributed by atoms with Gasteiger partial charge in [0.1, 0.15) is 18.4 Å². The highest BCUT2D eigenvalue weighted by Crippen LogP contribution is 2.43. The molecule has 0 aromatic rings. The van der Waals surface area contributed by atoms with Crippen molar-refractivity contribution in [2.75, 3.05) is 19.8 Å². The maximum absolute atomic E-state index is 12.7. The van der Waals surface area contributed by atoms with Crippen molar-refractivity contribution in [3.05, 3.63) is 12.2 Å². The van der Waals surface area contributed by atoms with E-state index in [1.54, 1.807) is 12.2 Å². The zero-order chi connectivity index (χ0) is 40.9. The number of carboxylic acids is 1. The van der Waals surface area contributed by atoms with E-state index in [1.807, 2.05) is 0 Å². The highest BCUT2D eigenvalue weighted by molar-refractivity contribution is 7.47. The molecule has 1 rings (SSSR count). The molecule has 320 valence electrons. The fourth-order valence-electron chi connectivity index (χ4n) is 6.55. The van der Waals surface area contributed by atoms with Crippen LogP contribution in [-0.2, 0) is 42.3 Å². The molecule has 0 bridgehead atoms. The topological polar surface area (TPSA) is 229 Å². The average Bonchev–Trinajstić information content (AvgIpc) is 3.41. The molecule has 14 nitrogen and oxygen atoms in total. The van der Waals surface area contributed by atoms with Crippen LogP contribution in [0.5, 0.6) is 0 Å². The molecule has 0 saturated heterocycles. The minimum atomic E-state index is -4.77. The zero-order valence-corrected chi connectivity index (χ0v) is 34.4. The Balaban J connectivity index is 2.51. The van der Waals surface area contributed by atoms with Gasteiger partial charge in [-0.05, 0) is 25.7 Å². The molecule has 0 aliphatic heterocycles. The summed E-state index contributed by atoms with van der Waals surface area (Å²) in [5, 5.41) is 29.6. The van der Waals surface area contributed by atoms with Gasteiger partial charge < -0.3 is 35.4 Å². The van der Waals surface area contributed by atoms with Crippen LogP contribution in [0.1, 0.15) is 162 Å². The monoisotopic (exact) mass is 805 g/mol. The molecule has 7 atom stereocenters. The van der Waals surface area contributed by atoms with Gasteiger partial charge in [0, 0.05) is 31.1 Å². The van der Waals surface area contributed by atoms with E-state index in [0.29, 0.717) is 38.5 Å². The Labute approximate surface area is 328 Å². The van der Waals surface area contributed by atoms with Crippen molar-refractivity contribution in [1.82, 2.24) is 0 Å². The van der Waals surface area contributed by atoms with Crippen LogP contribution in [0.2, 0.25) is 0 Å². The second-order valence-electron chi connectivity index (χ2n) is 14.9. The molecule has 1 saturated carbocycles. The molecule has 0 heterocycles. The number of ketones is 1. The first-order valence-corrected chi connectivity index (χ1v) is 22.3. The standard InChI is InChI=1S/C40H72NO13P/c1-3-5-7-8-9-10-11-12-13-14-19-23-38(45)51-28-32(29-52-55(49,50)53-30-35(41)40(47)48)54-39(46)24-20-16-15-18-22-33-34(37(44)27-36(33)43)26-25-31(42)21-17-6-4-2/h25-26,31-35,37,42,44H,3-24,27-30,41H2,1-2H3,(H,47,48)(H,49,50)/b26-25+/t31-,32+,33+,34+,35-,37+/m0/s1. The number of carboxylic acid groups (broad SMARTS) is 1. The Bertz CT molecular complexity index is 1150. The molecule has 0 aromatic heterocycles. The molecule has 0 spiro atoms. The number of nitrogens with two attached hydrogens (primary N) is 1. The number of phosphoric ester groups is 1. The summed E-state index contributed by atoms with van der Waals surface area (Å²) in [6.07, 6.45) is 20.5. The van der Waals surface area contributed by atoms with Crippen molar-refractivity contribution in [2.45, 2.75) is 186 Å². The number of aliphatic hydroxyl groups excluding tert-OH is 2. The van der Waals surface area contributed by atoms with E-state index in [0.717, 1.165) is 44.9 Å². The molecule has 55 heavy (non-hydrogen) atoms. The molecule has 6 N–H and O–H groups in total. The summed E-state index contributed by atoms with van der Waals surface area (Å²) < 4.78 is 32.6. The van der Waals surface area contributed by atoms with E-state index >= 15 is 0 Å². The molecule has 15 heteroatoms. The Hall–Kier alpha value is -2.19. The Morgan fingerprint density at radius 1 is 0.800 bits per heavy atom. The van der Waals surface area contributed by atoms with Gasteiger partial charge >= 0.3 is 25.7 Å². The lowest BCUT2D eigenvalue weighted by molar-refractivity contribution is -0.161. The molecule has 1 fully saturated rings. The molecule has 1 aliphatic rings. The summed E-state index contributed by atoms with van der Waals surface area (Å²) in [5.74, 6) is -3.20. The molecular weight excluding hydrogens is 733 g/mol. The average molecular weight is 806 g/mol. The fourth-order valence-corrected chi connectivity index (χ4v) is 7.33. The molecule has 1 aliphatic carbocycles. The Morgan fingerprint density at radius 2 is 1.33 bits per heavy atom. The van der Waals surface area contributed by atoms with Crippen molar-refractivity contribution in [3.63, 3.8) is 0 Å². The van der Waals surface area contributed by atoms with Crippen LogP contribution >= 0.6 is 7.82 Å². The van der Waals surface area contributed by atoms with Gasteiger partial charge in [-0.3, -0.25) is 28.2 Å². The number of ether oxygens (including phenoxy) is 2. The summed E-state index contributed by atoms with van der Waals surface area (Å²) in [6.45, 7) is 2.44. The van der Waals surface area contributed by atoms with Crippen molar-refractivity contribution in [1.29, 1.82) is 0 Å². The number of Topliss-reactive ketones (excluding diaryl/α,β-unsaturated/α-hetero) is 1. The largest absolute Gasteiger partial charge is 0.480 e. The molecular formula is C40H72NO13P.